The SMILES string of the molecule is CC(C)OC(=O)[C@H](C)N[P@](=O)(OC[C@H]1O[C@@H](n2cc(F)c(=O)[nH]c2=O)[C@H](N=[N+]=[N-])[C@@H]1O)Oc1ccccc1. The summed E-state index contributed by atoms with van der Waals surface area (Å²) >= 11 is 0. The number of aliphatic hydroxyl groups is 1. The molecule has 1 aromatic carbocycles. The van der Waals surface area contributed by atoms with Crippen molar-refractivity contribution in [3.05, 3.63) is 73.6 Å². The van der Waals surface area contributed by atoms with E-state index in [0.717, 1.165) is 0 Å². The van der Waals surface area contributed by atoms with Crippen molar-refractivity contribution < 1.29 is 37.4 Å². The molecular weight excluding hydrogens is 530 g/mol. The highest BCUT2D eigenvalue weighted by molar-refractivity contribution is 7.52. The van der Waals surface area contributed by atoms with Crippen LogP contribution < -0.4 is 20.9 Å². The first-order chi connectivity index (χ1) is 17.9. The Hall–Kier alpha value is -3.52. The summed E-state index contributed by atoms with van der Waals surface area (Å²) < 4.78 is 49.7. The van der Waals surface area contributed by atoms with Gasteiger partial charge in [-0.2, -0.15) is 9.48 Å². The molecule has 0 spiro atoms. The number of nitrogens with one attached hydrogen (secondary N) is 2. The highest BCUT2D eigenvalue weighted by atomic mass is 31.2. The summed E-state index contributed by atoms with van der Waals surface area (Å²) in [5.74, 6) is -1.93. The number of aliphatic hydroxyl groups excluding tert-OH is 1. The lowest BCUT2D eigenvalue weighted by atomic mass is 10.1. The van der Waals surface area contributed by atoms with Crippen molar-refractivity contribution in [1.82, 2.24) is 14.6 Å². The average molecular weight is 556 g/mol. The van der Waals surface area contributed by atoms with Crippen LogP contribution in [0.1, 0.15) is 27.0 Å². The van der Waals surface area contributed by atoms with Gasteiger partial charge in [0.1, 0.15) is 30.2 Å². The van der Waals surface area contributed by atoms with Crippen LogP contribution in [-0.2, 0) is 23.4 Å². The number of benzene rings is 1. The summed E-state index contributed by atoms with van der Waals surface area (Å²) in [5.41, 5.74) is 6.55. The van der Waals surface area contributed by atoms with E-state index < -0.39 is 74.0 Å². The predicted octanol–water partition coefficient (Wildman–Crippen LogP) is 1.75. The molecule has 0 radical (unpaired) electrons. The van der Waals surface area contributed by atoms with Gasteiger partial charge in [-0.1, -0.05) is 23.3 Å². The van der Waals surface area contributed by atoms with Gasteiger partial charge in [-0.25, -0.2) is 9.36 Å². The molecule has 0 unspecified atom stereocenters. The van der Waals surface area contributed by atoms with E-state index in [1.165, 1.54) is 19.1 Å². The van der Waals surface area contributed by atoms with Gasteiger partial charge in [0.25, 0.3) is 5.56 Å². The zero-order valence-electron chi connectivity index (χ0n) is 20.5. The lowest BCUT2D eigenvalue weighted by Gasteiger charge is -2.25. The smallest absolute Gasteiger partial charge is 0.459 e. The van der Waals surface area contributed by atoms with Crippen LogP contribution in [0.25, 0.3) is 10.4 Å². The summed E-state index contributed by atoms with van der Waals surface area (Å²) in [4.78, 5) is 40.2. The van der Waals surface area contributed by atoms with Crippen LogP contribution in [0.4, 0.5) is 4.39 Å². The number of esters is 1. The molecule has 3 N–H and O–H groups in total. The largest absolute Gasteiger partial charge is 0.462 e. The second kappa shape index (κ2) is 12.3. The number of para-hydroxylation sites is 1. The van der Waals surface area contributed by atoms with E-state index in [1.807, 2.05) is 0 Å². The first-order valence-corrected chi connectivity index (χ1v) is 12.8. The molecule has 1 aliphatic heterocycles. The maximum atomic E-state index is 13.8. The second-order valence-corrected chi connectivity index (χ2v) is 10.1. The molecule has 38 heavy (non-hydrogen) atoms. The molecule has 2 aromatic rings. The summed E-state index contributed by atoms with van der Waals surface area (Å²) in [6.45, 7) is 3.99. The number of azide groups is 1. The van der Waals surface area contributed by atoms with E-state index in [1.54, 1.807) is 37.0 Å². The van der Waals surface area contributed by atoms with Crippen LogP contribution in [0.2, 0.25) is 0 Å². The monoisotopic (exact) mass is 556 g/mol. The number of rotatable bonds is 11. The number of ether oxygens (including phenoxy) is 2. The van der Waals surface area contributed by atoms with Crippen LogP contribution in [0.15, 0.2) is 51.2 Å². The molecule has 17 heteroatoms. The Morgan fingerprint density at radius 3 is 2.66 bits per heavy atom. The second-order valence-electron chi connectivity index (χ2n) is 8.43. The van der Waals surface area contributed by atoms with Crippen molar-refractivity contribution in [2.45, 2.75) is 57.4 Å². The predicted molar refractivity (Wildman–Crippen MR) is 129 cm³/mol. The lowest BCUT2D eigenvalue weighted by molar-refractivity contribution is -0.149. The molecule has 0 aliphatic carbocycles. The van der Waals surface area contributed by atoms with E-state index in [9.17, 15) is 28.4 Å². The van der Waals surface area contributed by atoms with Gasteiger partial charge < -0.3 is 19.1 Å². The number of carbonyl (C=O) groups is 1. The van der Waals surface area contributed by atoms with Gasteiger partial charge in [0, 0.05) is 4.91 Å². The number of hydrogen-bond donors (Lipinski definition) is 3. The number of aromatic amines is 1. The maximum Gasteiger partial charge on any atom is 0.459 e. The van der Waals surface area contributed by atoms with Gasteiger partial charge in [0.2, 0.25) is 5.82 Å². The molecule has 15 nitrogen and oxygen atoms in total. The highest BCUT2D eigenvalue weighted by Crippen LogP contribution is 2.46. The fourth-order valence-corrected chi connectivity index (χ4v) is 4.94. The Labute approximate surface area is 214 Å². The molecule has 1 saturated heterocycles. The number of H-pyrrole nitrogens is 1. The van der Waals surface area contributed by atoms with Gasteiger partial charge in [-0.15, -0.1) is 0 Å². The Morgan fingerprint density at radius 1 is 1.34 bits per heavy atom. The number of hydrogen-bond acceptors (Lipinski definition) is 10. The lowest BCUT2D eigenvalue weighted by Crippen LogP contribution is -2.38. The van der Waals surface area contributed by atoms with Crippen molar-refractivity contribution in [3.8, 4) is 5.75 Å². The summed E-state index contributed by atoms with van der Waals surface area (Å²) in [7, 11) is -4.35. The Morgan fingerprint density at radius 2 is 2.03 bits per heavy atom. The number of carbonyl (C=O) groups excluding carboxylic acids is 1. The molecule has 0 amide bonds. The average Bonchev–Trinajstić information content (AvgIpc) is 3.15. The third-order valence-corrected chi connectivity index (χ3v) is 6.80. The van der Waals surface area contributed by atoms with E-state index in [4.69, 9.17) is 24.1 Å². The van der Waals surface area contributed by atoms with Crippen molar-refractivity contribution >= 4 is 13.7 Å². The fourth-order valence-electron chi connectivity index (χ4n) is 3.44. The third-order valence-electron chi connectivity index (χ3n) is 5.16. The Bertz CT molecular complexity index is 1350. The minimum absolute atomic E-state index is 0.126. The van der Waals surface area contributed by atoms with Crippen molar-refractivity contribution in [3.63, 3.8) is 0 Å². The zero-order chi connectivity index (χ0) is 28.0. The third kappa shape index (κ3) is 7.07. The molecule has 3 rings (SSSR count). The summed E-state index contributed by atoms with van der Waals surface area (Å²) in [6.07, 6.45) is -4.44. The standard InChI is InChI=1S/C21H26FN6O9P/c1-11(2)35-20(31)12(3)26-38(33,37-13-7-5-4-6-8-13)34-10-15-17(29)16(25-27-23)19(36-15)28-9-14(22)18(30)24-21(28)32/h4-9,11-12,15-17,19,29H,10H2,1-3H3,(H,26,33)(H,24,30,32)/t12-,15+,16+,17+,19+,38-/m0/s1. The van der Waals surface area contributed by atoms with E-state index >= 15 is 0 Å². The van der Waals surface area contributed by atoms with Crippen LogP contribution in [0.5, 0.6) is 5.75 Å². The van der Waals surface area contributed by atoms with Crippen molar-refractivity contribution in [2.24, 2.45) is 5.11 Å². The molecule has 1 aliphatic rings. The first-order valence-electron chi connectivity index (χ1n) is 11.3. The highest BCUT2D eigenvalue weighted by Gasteiger charge is 2.46. The minimum Gasteiger partial charge on any atom is -0.462 e. The Kier molecular flexibility index (Phi) is 9.44. The van der Waals surface area contributed by atoms with Gasteiger partial charge >= 0.3 is 19.4 Å². The van der Waals surface area contributed by atoms with E-state index in [-0.39, 0.29) is 5.75 Å². The van der Waals surface area contributed by atoms with Gasteiger partial charge in [0.05, 0.1) is 25.0 Å². The fraction of sp³-hybridized carbons (Fsp3) is 0.476. The number of halogens is 1. The molecule has 1 aromatic heterocycles. The van der Waals surface area contributed by atoms with Gasteiger partial charge in [-0.05, 0) is 38.4 Å². The zero-order valence-corrected chi connectivity index (χ0v) is 21.4. The molecule has 1 fully saturated rings. The molecule has 2 heterocycles. The van der Waals surface area contributed by atoms with Crippen molar-refractivity contribution in [2.75, 3.05) is 6.61 Å². The first kappa shape index (κ1) is 29.0. The molecule has 6 atom stereocenters. The van der Waals surface area contributed by atoms with E-state index in [2.05, 4.69) is 15.1 Å². The Balaban J connectivity index is 1.84. The molecule has 206 valence electrons. The summed E-state index contributed by atoms with van der Waals surface area (Å²) in [5, 5.41) is 16.6. The maximum absolute atomic E-state index is 13.8. The van der Waals surface area contributed by atoms with Crippen LogP contribution in [-0.4, -0.2) is 57.6 Å². The molecule has 0 bridgehead atoms. The quantitative estimate of drug-likeness (QED) is 0.120. The number of nitrogens with zero attached hydrogens (tertiary/aromatic N) is 4. The van der Waals surface area contributed by atoms with Gasteiger partial charge in [-0.3, -0.25) is 23.7 Å². The normalized spacial score (nSPS) is 23.3. The number of aromatic nitrogens is 2. The molecule has 0 saturated carbocycles. The molecular formula is C21H26FN6O9P. The van der Waals surface area contributed by atoms with Crippen LogP contribution >= 0.6 is 7.75 Å². The summed E-state index contributed by atoms with van der Waals surface area (Å²) in [6, 6.07) is 5.27. The van der Waals surface area contributed by atoms with E-state index in [0.29, 0.717) is 10.8 Å². The van der Waals surface area contributed by atoms with Crippen molar-refractivity contribution in [1.29, 1.82) is 0 Å². The van der Waals surface area contributed by atoms with Crippen LogP contribution in [0.3, 0.4) is 0 Å². The van der Waals surface area contributed by atoms with Gasteiger partial charge in [0.15, 0.2) is 0 Å². The topological polar surface area (TPSA) is 207 Å². The minimum atomic E-state index is -4.35. The van der Waals surface area contributed by atoms with Crippen LogP contribution in [0, 0.1) is 5.82 Å².